The van der Waals surface area contributed by atoms with Gasteiger partial charge in [-0.2, -0.15) is 0 Å². The molecule has 2 heterocycles. The number of ether oxygens (including phenoxy) is 2. The van der Waals surface area contributed by atoms with E-state index in [0.717, 1.165) is 59.4 Å². The van der Waals surface area contributed by atoms with Crippen LogP contribution in [0.5, 0.6) is 0 Å². The number of amides is 1. The van der Waals surface area contributed by atoms with Gasteiger partial charge < -0.3 is 19.1 Å². The maximum atomic E-state index is 12.6. The number of benzene rings is 2. The molecule has 1 amide bonds. The first-order valence-electron chi connectivity index (χ1n) is 12.7. The molecule has 0 spiro atoms. The van der Waals surface area contributed by atoms with E-state index in [-0.39, 0.29) is 24.1 Å². The Labute approximate surface area is 210 Å². The number of carboxylic acid groups (broad SMARTS) is 1. The lowest BCUT2D eigenvalue weighted by Crippen LogP contribution is -2.42. The number of carboxylic acids is 1. The number of hydrogen-bond acceptors (Lipinski definition) is 5. The van der Waals surface area contributed by atoms with Crippen LogP contribution in [0.25, 0.3) is 11.0 Å². The van der Waals surface area contributed by atoms with Crippen LogP contribution in [0.15, 0.2) is 42.5 Å². The number of methoxy groups -OCH3 is 2. The van der Waals surface area contributed by atoms with Gasteiger partial charge in [0.15, 0.2) is 0 Å². The highest BCUT2D eigenvalue weighted by molar-refractivity contribution is 5.95. The van der Waals surface area contributed by atoms with Crippen LogP contribution >= 0.6 is 0 Å². The lowest BCUT2D eigenvalue weighted by atomic mass is 9.85. The number of carbonyl (C=O) groups excluding carboxylic acids is 1. The molecule has 1 saturated carbocycles. The largest absolute Gasteiger partial charge is 0.481 e. The molecule has 1 fully saturated rings. The van der Waals surface area contributed by atoms with Crippen LogP contribution in [-0.2, 0) is 20.7 Å². The average Bonchev–Trinajstić information content (AvgIpc) is 3.28. The minimum atomic E-state index is -0.739. The van der Waals surface area contributed by atoms with Crippen LogP contribution in [0.4, 0.5) is 10.5 Å². The lowest BCUT2D eigenvalue weighted by Gasteiger charge is -2.34. The van der Waals surface area contributed by atoms with Gasteiger partial charge in [0.05, 0.1) is 29.7 Å². The predicted molar refractivity (Wildman–Crippen MR) is 136 cm³/mol. The van der Waals surface area contributed by atoms with Gasteiger partial charge in [-0.1, -0.05) is 36.8 Å². The van der Waals surface area contributed by atoms with Crippen molar-refractivity contribution in [3.05, 3.63) is 59.4 Å². The number of fused-ring (bicyclic) bond motifs is 3. The quantitative estimate of drug-likeness (QED) is 0.507. The van der Waals surface area contributed by atoms with Crippen molar-refractivity contribution < 1.29 is 24.2 Å². The van der Waals surface area contributed by atoms with Crippen molar-refractivity contribution in [1.29, 1.82) is 0 Å². The van der Waals surface area contributed by atoms with Gasteiger partial charge >= 0.3 is 12.1 Å². The maximum absolute atomic E-state index is 12.6. The minimum Gasteiger partial charge on any atom is -0.481 e. The lowest BCUT2D eigenvalue weighted by molar-refractivity contribution is -0.143. The first-order chi connectivity index (χ1) is 17.4. The van der Waals surface area contributed by atoms with E-state index in [1.165, 1.54) is 7.11 Å². The minimum absolute atomic E-state index is 0.00140. The number of aromatic nitrogens is 2. The first-order valence-corrected chi connectivity index (χ1v) is 12.7. The molecule has 5 rings (SSSR count). The van der Waals surface area contributed by atoms with Gasteiger partial charge in [0.2, 0.25) is 0 Å². The summed E-state index contributed by atoms with van der Waals surface area (Å²) in [7, 11) is 3.08. The molecule has 1 aromatic heterocycles. The summed E-state index contributed by atoms with van der Waals surface area (Å²) in [5, 5.41) is 9.76. The summed E-state index contributed by atoms with van der Waals surface area (Å²) < 4.78 is 13.3. The smallest absolute Gasteiger partial charge is 0.414 e. The van der Waals surface area contributed by atoms with Crippen LogP contribution < -0.4 is 4.90 Å². The first kappa shape index (κ1) is 24.3. The Morgan fingerprint density at radius 1 is 1.08 bits per heavy atom. The Morgan fingerprint density at radius 2 is 1.86 bits per heavy atom. The van der Waals surface area contributed by atoms with Crippen molar-refractivity contribution in [2.75, 3.05) is 19.1 Å². The molecule has 0 radical (unpaired) electrons. The van der Waals surface area contributed by atoms with Crippen LogP contribution in [0.3, 0.4) is 0 Å². The average molecular weight is 492 g/mol. The molecule has 1 aliphatic heterocycles. The summed E-state index contributed by atoms with van der Waals surface area (Å²) in [4.78, 5) is 31.4. The highest BCUT2D eigenvalue weighted by Gasteiger charge is 2.35. The van der Waals surface area contributed by atoms with Crippen LogP contribution in [0, 0.1) is 5.92 Å². The second-order valence-electron chi connectivity index (χ2n) is 9.88. The number of anilines is 1. The zero-order valence-corrected chi connectivity index (χ0v) is 21.0. The normalized spacial score (nSPS) is 22.8. The Kier molecular flexibility index (Phi) is 6.71. The Bertz CT molecular complexity index is 1270. The predicted octanol–water partition coefficient (Wildman–Crippen LogP) is 5.50. The third-order valence-corrected chi connectivity index (χ3v) is 7.79. The maximum Gasteiger partial charge on any atom is 0.414 e. The van der Waals surface area contributed by atoms with Crippen LogP contribution in [-0.4, -0.2) is 47.0 Å². The molecule has 8 nitrogen and oxygen atoms in total. The molecule has 2 aliphatic rings. The Balaban J connectivity index is 1.71. The molecule has 190 valence electrons. The number of rotatable bonds is 5. The number of imidazole rings is 1. The summed E-state index contributed by atoms with van der Waals surface area (Å²) >= 11 is 0. The molecule has 1 N–H and O–H groups in total. The molecule has 0 saturated heterocycles. The molecule has 1 aliphatic carbocycles. The topological polar surface area (TPSA) is 93.9 Å². The van der Waals surface area contributed by atoms with Gasteiger partial charge in [-0.15, -0.1) is 0 Å². The molecule has 36 heavy (non-hydrogen) atoms. The monoisotopic (exact) mass is 491 g/mol. The van der Waals surface area contributed by atoms with Crippen LogP contribution in [0.1, 0.15) is 68.1 Å². The van der Waals surface area contributed by atoms with Gasteiger partial charge in [-0.05, 0) is 56.7 Å². The molecule has 2 aromatic carbocycles. The molecule has 1 unspecified atom stereocenters. The second kappa shape index (κ2) is 9.93. The SMILES string of the molecule is COC(=O)N1c2ccc3c(nc([C@@H](OC)c4ccccc4)n3[C@@H]3CCC[C@@H](C(=O)O)C3)c2CCC1C. The van der Waals surface area contributed by atoms with Gasteiger partial charge in [-0.3, -0.25) is 9.69 Å². The van der Waals surface area contributed by atoms with E-state index < -0.39 is 12.1 Å². The van der Waals surface area contributed by atoms with Crippen molar-refractivity contribution in [3.8, 4) is 0 Å². The second-order valence-corrected chi connectivity index (χ2v) is 9.88. The number of nitrogens with zero attached hydrogens (tertiary/aromatic N) is 3. The summed E-state index contributed by atoms with van der Waals surface area (Å²) in [6.45, 7) is 2.03. The van der Waals surface area contributed by atoms with E-state index in [1.54, 1.807) is 12.0 Å². The van der Waals surface area contributed by atoms with Crippen LogP contribution in [0.2, 0.25) is 0 Å². The molecule has 8 heteroatoms. The Morgan fingerprint density at radius 3 is 2.56 bits per heavy atom. The highest BCUT2D eigenvalue weighted by Crippen LogP contribution is 2.42. The van der Waals surface area contributed by atoms with E-state index in [2.05, 4.69) is 4.57 Å². The highest BCUT2D eigenvalue weighted by atomic mass is 16.5. The zero-order valence-electron chi connectivity index (χ0n) is 21.0. The standard InChI is InChI=1S/C28H33N3O5/c1-17-12-13-21-22(30(17)28(34)36-3)14-15-23-24(21)29-26(25(35-2)18-8-5-4-6-9-18)31(23)20-11-7-10-19(16-20)27(32)33/h4-6,8-9,14-15,17,19-20,25H,7,10-13,16H2,1-3H3,(H,32,33)/t17?,19-,20-,25+/m1/s1. The van der Waals surface area contributed by atoms with E-state index >= 15 is 0 Å². The fourth-order valence-corrected chi connectivity index (χ4v) is 6.00. The van der Waals surface area contributed by atoms with E-state index in [0.29, 0.717) is 12.8 Å². The molecule has 3 aromatic rings. The Hall–Kier alpha value is -3.39. The van der Waals surface area contributed by atoms with Crippen molar-refractivity contribution in [2.24, 2.45) is 5.92 Å². The van der Waals surface area contributed by atoms with Gasteiger partial charge in [0, 0.05) is 24.8 Å². The van der Waals surface area contributed by atoms with Gasteiger partial charge in [0.25, 0.3) is 0 Å². The summed E-state index contributed by atoms with van der Waals surface area (Å²) in [5.74, 6) is -0.344. The van der Waals surface area contributed by atoms with E-state index in [9.17, 15) is 14.7 Å². The van der Waals surface area contributed by atoms with Crippen molar-refractivity contribution in [3.63, 3.8) is 0 Å². The zero-order chi connectivity index (χ0) is 25.4. The number of aliphatic carboxylic acids is 1. The van der Waals surface area contributed by atoms with Crippen molar-refractivity contribution >= 4 is 28.8 Å². The number of carbonyl (C=O) groups is 2. The molecular formula is C28H33N3O5. The van der Waals surface area contributed by atoms with E-state index in [1.807, 2.05) is 49.4 Å². The van der Waals surface area contributed by atoms with Gasteiger partial charge in [-0.25, -0.2) is 9.78 Å². The third kappa shape index (κ3) is 4.13. The number of hydrogen-bond donors (Lipinski definition) is 1. The fraction of sp³-hybridized carbons (Fsp3) is 0.464. The molecular weight excluding hydrogens is 458 g/mol. The van der Waals surface area contributed by atoms with Crippen molar-refractivity contribution in [2.45, 2.75) is 63.6 Å². The summed E-state index contributed by atoms with van der Waals surface area (Å²) in [5.41, 5.74) is 4.63. The third-order valence-electron chi connectivity index (χ3n) is 7.79. The summed E-state index contributed by atoms with van der Waals surface area (Å²) in [6.07, 6.45) is 3.81. The van der Waals surface area contributed by atoms with Gasteiger partial charge in [0.1, 0.15) is 11.9 Å². The molecule has 4 atom stereocenters. The van der Waals surface area contributed by atoms with Crippen molar-refractivity contribution in [1.82, 2.24) is 9.55 Å². The number of aryl methyl sites for hydroxylation is 1. The van der Waals surface area contributed by atoms with E-state index in [4.69, 9.17) is 14.5 Å². The molecule has 0 bridgehead atoms. The fourth-order valence-electron chi connectivity index (χ4n) is 6.00. The summed E-state index contributed by atoms with van der Waals surface area (Å²) in [6, 6.07) is 14.0.